The van der Waals surface area contributed by atoms with Crippen LogP contribution in [0.4, 0.5) is 5.69 Å². The molecule has 0 saturated carbocycles. The first-order valence-electron chi connectivity index (χ1n) is 7.02. The lowest BCUT2D eigenvalue weighted by Gasteiger charge is -2.25. The molecule has 0 radical (unpaired) electrons. The number of fused-ring (bicyclic) bond motifs is 1. The number of carbonyl (C=O) groups excluding carboxylic acids is 1. The highest BCUT2D eigenvalue weighted by molar-refractivity contribution is 5.97. The Labute approximate surface area is 117 Å². The Kier molecular flexibility index (Phi) is 3.22. The number of benzene rings is 1. The Bertz CT molecular complexity index is 642. The van der Waals surface area contributed by atoms with Crippen LogP contribution in [0, 0.1) is 12.3 Å². The largest absolute Gasteiger partial charge is 0.441 e. The quantitative estimate of drug-likeness (QED) is 0.901. The maximum atomic E-state index is 12.5. The van der Waals surface area contributed by atoms with Gasteiger partial charge in [0.05, 0.1) is 5.41 Å². The minimum Gasteiger partial charge on any atom is -0.441 e. The number of hydrogen-bond acceptors (Lipinski definition) is 4. The predicted molar refractivity (Wildman–Crippen MR) is 77.6 cm³/mol. The Morgan fingerprint density at radius 2 is 2.40 bits per heavy atom. The molecule has 1 amide bonds. The van der Waals surface area contributed by atoms with E-state index < -0.39 is 0 Å². The number of anilines is 1. The van der Waals surface area contributed by atoms with Crippen LogP contribution in [0.5, 0.6) is 0 Å². The van der Waals surface area contributed by atoms with Gasteiger partial charge in [-0.05, 0) is 37.6 Å². The second-order valence-electron chi connectivity index (χ2n) is 5.43. The molecule has 1 unspecified atom stereocenters. The Morgan fingerprint density at radius 3 is 3.10 bits per heavy atom. The van der Waals surface area contributed by atoms with Gasteiger partial charge in [0.15, 0.2) is 11.5 Å². The molecular formula is C15H19N3O2. The zero-order valence-electron chi connectivity index (χ0n) is 11.8. The van der Waals surface area contributed by atoms with Gasteiger partial charge in [-0.2, -0.15) is 0 Å². The number of aryl methyl sites for hydroxylation is 1. The summed E-state index contributed by atoms with van der Waals surface area (Å²) in [6, 6.07) is 5.56. The summed E-state index contributed by atoms with van der Waals surface area (Å²) in [6.45, 7) is 5.54. The summed E-state index contributed by atoms with van der Waals surface area (Å²) in [6.07, 6.45) is 1.73. The van der Waals surface area contributed by atoms with Gasteiger partial charge < -0.3 is 15.1 Å². The minimum absolute atomic E-state index is 0.0876. The Morgan fingerprint density at radius 1 is 1.55 bits per heavy atom. The van der Waals surface area contributed by atoms with Gasteiger partial charge in [0.25, 0.3) is 0 Å². The summed E-state index contributed by atoms with van der Waals surface area (Å²) in [7, 11) is 0. The van der Waals surface area contributed by atoms with Crippen LogP contribution in [0.3, 0.4) is 0 Å². The average molecular weight is 273 g/mol. The summed E-state index contributed by atoms with van der Waals surface area (Å²) < 4.78 is 5.43. The third-order valence-electron chi connectivity index (χ3n) is 4.15. The van der Waals surface area contributed by atoms with Crippen LogP contribution >= 0.6 is 0 Å². The molecule has 1 aromatic heterocycles. The first kappa shape index (κ1) is 13.1. The number of amides is 1. The minimum atomic E-state index is -0.283. The molecule has 0 spiro atoms. The second-order valence-corrected chi connectivity index (χ2v) is 5.43. The van der Waals surface area contributed by atoms with E-state index in [1.165, 1.54) is 0 Å². The molecule has 5 nitrogen and oxygen atoms in total. The van der Waals surface area contributed by atoms with Crippen molar-refractivity contribution in [2.45, 2.75) is 26.7 Å². The molecule has 5 heteroatoms. The molecule has 1 aliphatic heterocycles. The van der Waals surface area contributed by atoms with Crippen molar-refractivity contribution in [1.29, 1.82) is 0 Å². The van der Waals surface area contributed by atoms with Crippen LogP contribution in [-0.4, -0.2) is 24.0 Å². The summed E-state index contributed by atoms with van der Waals surface area (Å²) in [5.74, 6) is 0.720. The number of hydrogen-bond donors (Lipinski definition) is 2. The van der Waals surface area contributed by atoms with Crippen molar-refractivity contribution in [1.82, 2.24) is 10.3 Å². The molecule has 1 saturated heterocycles. The van der Waals surface area contributed by atoms with E-state index >= 15 is 0 Å². The van der Waals surface area contributed by atoms with Gasteiger partial charge in [-0.15, -0.1) is 0 Å². The van der Waals surface area contributed by atoms with Gasteiger partial charge >= 0.3 is 0 Å². The smallest absolute Gasteiger partial charge is 0.231 e. The molecule has 1 aromatic carbocycles. The number of carbonyl (C=O) groups is 1. The molecule has 2 N–H and O–H groups in total. The van der Waals surface area contributed by atoms with Crippen LogP contribution in [0.15, 0.2) is 22.6 Å². The standard InChI is InChI=1S/C15H19N3O2/c1-3-15(6-7-16-9-15)14(19)18-11-4-5-13-12(8-11)17-10(2)20-13/h4-5,8,16H,3,6-7,9H2,1-2H3,(H,18,19). The average Bonchev–Trinajstić information content (AvgIpc) is 3.04. The van der Waals surface area contributed by atoms with Crippen molar-refractivity contribution in [3.8, 4) is 0 Å². The lowest BCUT2D eigenvalue weighted by atomic mass is 9.83. The number of nitrogens with zero attached hydrogens (tertiary/aromatic N) is 1. The molecule has 106 valence electrons. The number of nitrogens with one attached hydrogen (secondary N) is 2. The van der Waals surface area contributed by atoms with E-state index in [2.05, 4.69) is 22.5 Å². The van der Waals surface area contributed by atoms with Crippen molar-refractivity contribution < 1.29 is 9.21 Å². The van der Waals surface area contributed by atoms with E-state index in [9.17, 15) is 4.79 Å². The van der Waals surface area contributed by atoms with Gasteiger partial charge in [0.1, 0.15) is 5.52 Å². The van der Waals surface area contributed by atoms with Crippen molar-refractivity contribution in [2.24, 2.45) is 5.41 Å². The maximum absolute atomic E-state index is 12.5. The molecule has 2 heterocycles. The van der Waals surface area contributed by atoms with Crippen LogP contribution in [0.2, 0.25) is 0 Å². The predicted octanol–water partition coefficient (Wildman–Crippen LogP) is 2.46. The highest BCUT2D eigenvalue weighted by Gasteiger charge is 2.39. The summed E-state index contributed by atoms with van der Waals surface area (Å²) >= 11 is 0. The van der Waals surface area contributed by atoms with Gasteiger partial charge in [-0.3, -0.25) is 4.79 Å². The van der Waals surface area contributed by atoms with E-state index in [0.29, 0.717) is 5.89 Å². The van der Waals surface area contributed by atoms with E-state index in [1.54, 1.807) is 0 Å². The summed E-state index contributed by atoms with van der Waals surface area (Å²) in [5.41, 5.74) is 2.01. The van der Waals surface area contributed by atoms with Gasteiger partial charge in [0, 0.05) is 19.2 Å². The van der Waals surface area contributed by atoms with Crippen molar-refractivity contribution in [3.05, 3.63) is 24.1 Å². The van der Waals surface area contributed by atoms with E-state index in [-0.39, 0.29) is 11.3 Å². The Hall–Kier alpha value is -1.88. The van der Waals surface area contributed by atoms with Gasteiger partial charge in [0.2, 0.25) is 5.91 Å². The maximum Gasteiger partial charge on any atom is 0.231 e. The zero-order chi connectivity index (χ0) is 14.2. The van der Waals surface area contributed by atoms with Crippen molar-refractivity contribution in [2.75, 3.05) is 18.4 Å². The molecule has 3 rings (SSSR count). The lowest BCUT2D eigenvalue weighted by molar-refractivity contribution is -0.124. The fraction of sp³-hybridized carbons (Fsp3) is 0.467. The first-order chi connectivity index (χ1) is 9.63. The fourth-order valence-electron chi connectivity index (χ4n) is 2.78. The van der Waals surface area contributed by atoms with E-state index in [4.69, 9.17) is 4.42 Å². The molecule has 0 aliphatic carbocycles. The Balaban J connectivity index is 1.83. The SMILES string of the molecule is CCC1(C(=O)Nc2ccc3oc(C)nc3c2)CCNC1. The van der Waals surface area contributed by atoms with Crippen molar-refractivity contribution in [3.63, 3.8) is 0 Å². The summed E-state index contributed by atoms with van der Waals surface area (Å²) in [4.78, 5) is 16.8. The van der Waals surface area contributed by atoms with Gasteiger partial charge in [-0.25, -0.2) is 4.98 Å². The van der Waals surface area contributed by atoms with Crippen LogP contribution in [0.1, 0.15) is 25.7 Å². The molecule has 20 heavy (non-hydrogen) atoms. The molecule has 1 atom stereocenters. The second kappa shape index (κ2) is 4.90. The number of rotatable bonds is 3. The fourth-order valence-corrected chi connectivity index (χ4v) is 2.78. The lowest BCUT2D eigenvalue weighted by Crippen LogP contribution is -2.37. The van der Waals surface area contributed by atoms with Crippen LogP contribution in [0.25, 0.3) is 11.1 Å². The van der Waals surface area contributed by atoms with E-state index in [0.717, 1.165) is 42.7 Å². The number of aromatic nitrogens is 1. The normalized spacial score (nSPS) is 22.3. The molecule has 0 bridgehead atoms. The highest BCUT2D eigenvalue weighted by atomic mass is 16.3. The molecule has 1 fully saturated rings. The van der Waals surface area contributed by atoms with Crippen LogP contribution in [-0.2, 0) is 4.79 Å². The highest BCUT2D eigenvalue weighted by Crippen LogP contribution is 2.31. The topological polar surface area (TPSA) is 67.2 Å². The summed E-state index contributed by atoms with van der Waals surface area (Å²) in [5, 5.41) is 6.29. The molecule has 2 aromatic rings. The molecule has 1 aliphatic rings. The monoisotopic (exact) mass is 273 g/mol. The number of oxazole rings is 1. The first-order valence-corrected chi connectivity index (χ1v) is 7.02. The van der Waals surface area contributed by atoms with Gasteiger partial charge in [-0.1, -0.05) is 6.92 Å². The zero-order valence-corrected chi connectivity index (χ0v) is 11.8. The van der Waals surface area contributed by atoms with E-state index in [1.807, 2.05) is 25.1 Å². The third-order valence-corrected chi connectivity index (χ3v) is 4.15. The third kappa shape index (κ3) is 2.18. The molecular weight excluding hydrogens is 254 g/mol. The van der Waals surface area contributed by atoms with Crippen molar-refractivity contribution >= 4 is 22.7 Å². The van der Waals surface area contributed by atoms with Crippen LogP contribution < -0.4 is 10.6 Å².